The van der Waals surface area contributed by atoms with Gasteiger partial charge in [-0.1, -0.05) is 30.3 Å². The highest BCUT2D eigenvalue weighted by molar-refractivity contribution is 5.76. The van der Waals surface area contributed by atoms with Crippen molar-refractivity contribution in [3.63, 3.8) is 0 Å². The molecule has 0 spiro atoms. The lowest BCUT2D eigenvalue weighted by Gasteiger charge is -2.18. The summed E-state index contributed by atoms with van der Waals surface area (Å²) >= 11 is 0. The second-order valence-corrected chi connectivity index (χ2v) is 3.93. The average molecular weight is 290 g/mol. The molecule has 1 aromatic rings. The van der Waals surface area contributed by atoms with E-state index in [2.05, 4.69) is 10.5 Å². The highest BCUT2D eigenvalue weighted by Crippen LogP contribution is 2.27. The Morgan fingerprint density at radius 2 is 1.85 bits per heavy atom. The van der Waals surface area contributed by atoms with Crippen molar-refractivity contribution in [2.24, 2.45) is 11.7 Å². The van der Waals surface area contributed by atoms with Crippen molar-refractivity contribution >= 4 is 12.0 Å². The van der Waals surface area contributed by atoms with E-state index in [1.165, 1.54) is 0 Å². The van der Waals surface area contributed by atoms with Crippen molar-refractivity contribution in [1.29, 1.82) is 0 Å². The van der Waals surface area contributed by atoms with Crippen LogP contribution in [0.5, 0.6) is 0 Å². The lowest BCUT2D eigenvalue weighted by atomic mass is 10.1. The molecule has 0 saturated heterocycles. The first-order chi connectivity index (χ1) is 9.30. The second kappa shape index (κ2) is 6.78. The maximum atomic E-state index is 12.7. The Morgan fingerprint density at radius 3 is 2.35 bits per heavy atom. The number of carbonyl (C=O) groups is 2. The van der Waals surface area contributed by atoms with Gasteiger partial charge in [0.15, 0.2) is 5.92 Å². The molecule has 0 aliphatic rings. The number of carbonyl (C=O) groups excluding carboxylic acids is 2. The third kappa shape index (κ3) is 5.17. The molecule has 110 valence electrons. The number of nitrogens with one attached hydrogen (secondary N) is 1. The molecule has 0 saturated carbocycles. The zero-order chi connectivity index (χ0) is 15.2. The number of amides is 2. The molecule has 1 unspecified atom stereocenters. The van der Waals surface area contributed by atoms with Gasteiger partial charge in [0.05, 0.1) is 0 Å². The fraction of sp³-hybridized carbons (Fsp3) is 0.333. The summed E-state index contributed by atoms with van der Waals surface area (Å²) in [6.07, 6.45) is -4.82. The molecule has 0 radical (unpaired) electrons. The van der Waals surface area contributed by atoms with Gasteiger partial charge in [0.25, 0.3) is 0 Å². The van der Waals surface area contributed by atoms with Crippen LogP contribution >= 0.6 is 0 Å². The summed E-state index contributed by atoms with van der Waals surface area (Å²) in [7, 11) is 0. The normalized spacial score (nSPS) is 12.6. The van der Waals surface area contributed by atoms with Crippen LogP contribution in [0.4, 0.5) is 18.0 Å². The minimum atomic E-state index is -4.82. The van der Waals surface area contributed by atoms with Crippen molar-refractivity contribution in [2.45, 2.75) is 12.8 Å². The van der Waals surface area contributed by atoms with Crippen molar-refractivity contribution < 1.29 is 27.5 Å². The third-order valence-corrected chi connectivity index (χ3v) is 2.38. The van der Waals surface area contributed by atoms with Crippen LogP contribution in [0.15, 0.2) is 30.3 Å². The van der Waals surface area contributed by atoms with Crippen LogP contribution in [0.2, 0.25) is 0 Å². The fourth-order valence-corrected chi connectivity index (χ4v) is 1.36. The van der Waals surface area contributed by atoms with Gasteiger partial charge in [-0.3, -0.25) is 4.79 Å². The first-order valence-electron chi connectivity index (χ1n) is 5.61. The molecule has 1 rings (SSSR count). The summed E-state index contributed by atoms with van der Waals surface area (Å²) in [6, 6.07) is 7.13. The lowest BCUT2D eigenvalue weighted by molar-refractivity contribution is -0.197. The zero-order valence-electron chi connectivity index (χ0n) is 10.3. The fourth-order valence-electron chi connectivity index (χ4n) is 1.36. The summed E-state index contributed by atoms with van der Waals surface area (Å²) in [4.78, 5) is 21.9. The standard InChI is InChI=1S/C12H13F3N2O3/c13-12(14,15)9(6-17-11(16)19)10(18)20-7-8-4-2-1-3-5-8/h1-5,9H,6-7H2,(H3,16,17,19). The molecule has 0 bridgehead atoms. The highest BCUT2D eigenvalue weighted by Gasteiger charge is 2.46. The summed E-state index contributed by atoms with van der Waals surface area (Å²) in [5.41, 5.74) is 5.24. The Hall–Kier alpha value is -2.25. The van der Waals surface area contributed by atoms with Crippen LogP contribution in [0, 0.1) is 5.92 Å². The van der Waals surface area contributed by atoms with E-state index in [0.29, 0.717) is 5.56 Å². The summed E-state index contributed by atoms with van der Waals surface area (Å²) in [5.74, 6) is -3.91. The predicted molar refractivity (Wildman–Crippen MR) is 63.4 cm³/mol. The first-order valence-corrected chi connectivity index (χ1v) is 5.61. The maximum absolute atomic E-state index is 12.7. The summed E-state index contributed by atoms with van der Waals surface area (Å²) in [6.45, 7) is -1.23. The topological polar surface area (TPSA) is 81.4 Å². The van der Waals surface area contributed by atoms with Crippen LogP contribution < -0.4 is 11.1 Å². The SMILES string of the molecule is NC(=O)NCC(C(=O)OCc1ccccc1)C(F)(F)F. The van der Waals surface area contributed by atoms with Gasteiger partial charge in [0, 0.05) is 6.54 Å². The number of primary amides is 1. The van der Waals surface area contributed by atoms with E-state index in [1.807, 2.05) is 0 Å². The van der Waals surface area contributed by atoms with E-state index >= 15 is 0 Å². The molecule has 0 aliphatic heterocycles. The van der Waals surface area contributed by atoms with E-state index in [1.54, 1.807) is 35.6 Å². The lowest BCUT2D eigenvalue weighted by Crippen LogP contribution is -2.43. The quantitative estimate of drug-likeness (QED) is 0.808. The Labute approximate surface area is 112 Å². The van der Waals surface area contributed by atoms with Crippen LogP contribution in [0.25, 0.3) is 0 Å². The number of alkyl halides is 3. The molecule has 0 fully saturated rings. The van der Waals surface area contributed by atoms with Crippen molar-refractivity contribution in [2.75, 3.05) is 6.54 Å². The minimum absolute atomic E-state index is 0.275. The van der Waals surface area contributed by atoms with Crippen molar-refractivity contribution in [3.8, 4) is 0 Å². The number of ether oxygens (including phenoxy) is 1. The van der Waals surface area contributed by atoms with Gasteiger partial charge in [-0.2, -0.15) is 13.2 Å². The van der Waals surface area contributed by atoms with Gasteiger partial charge < -0.3 is 15.8 Å². The number of rotatable bonds is 5. The molecule has 5 nitrogen and oxygen atoms in total. The van der Waals surface area contributed by atoms with Crippen LogP contribution in [-0.4, -0.2) is 24.7 Å². The number of halogens is 3. The zero-order valence-corrected chi connectivity index (χ0v) is 10.3. The van der Waals surface area contributed by atoms with E-state index in [0.717, 1.165) is 0 Å². The Kier molecular flexibility index (Phi) is 5.36. The minimum Gasteiger partial charge on any atom is -0.460 e. The van der Waals surface area contributed by atoms with Crippen molar-refractivity contribution in [1.82, 2.24) is 5.32 Å². The number of hydrogen-bond acceptors (Lipinski definition) is 3. The van der Waals surface area contributed by atoms with E-state index in [-0.39, 0.29) is 6.61 Å². The molecule has 20 heavy (non-hydrogen) atoms. The Morgan fingerprint density at radius 1 is 1.25 bits per heavy atom. The molecule has 2 amide bonds. The van der Waals surface area contributed by atoms with Gasteiger partial charge in [-0.15, -0.1) is 0 Å². The molecule has 0 aliphatic carbocycles. The molecular weight excluding hydrogens is 277 g/mol. The number of nitrogens with two attached hydrogens (primary N) is 1. The Balaban J connectivity index is 2.61. The van der Waals surface area contributed by atoms with Gasteiger partial charge in [-0.05, 0) is 5.56 Å². The molecule has 8 heteroatoms. The number of urea groups is 1. The smallest absolute Gasteiger partial charge is 0.403 e. The number of hydrogen-bond donors (Lipinski definition) is 2. The molecule has 0 heterocycles. The molecule has 1 atom stereocenters. The molecule has 3 N–H and O–H groups in total. The largest absolute Gasteiger partial charge is 0.460 e. The first kappa shape index (κ1) is 15.8. The number of benzene rings is 1. The van der Waals surface area contributed by atoms with E-state index in [9.17, 15) is 22.8 Å². The van der Waals surface area contributed by atoms with Crippen LogP contribution in [-0.2, 0) is 16.1 Å². The van der Waals surface area contributed by atoms with Gasteiger partial charge >= 0.3 is 18.2 Å². The highest BCUT2D eigenvalue weighted by atomic mass is 19.4. The van der Waals surface area contributed by atoms with E-state index < -0.39 is 30.6 Å². The Bertz CT molecular complexity index is 463. The van der Waals surface area contributed by atoms with Crippen LogP contribution in [0.3, 0.4) is 0 Å². The molecule has 1 aromatic carbocycles. The predicted octanol–water partition coefficient (Wildman–Crippen LogP) is 1.58. The second-order valence-electron chi connectivity index (χ2n) is 3.93. The van der Waals surface area contributed by atoms with Gasteiger partial charge in [0.2, 0.25) is 0 Å². The summed E-state index contributed by atoms with van der Waals surface area (Å²) < 4.78 is 42.6. The monoisotopic (exact) mass is 290 g/mol. The van der Waals surface area contributed by atoms with Gasteiger partial charge in [0.1, 0.15) is 6.61 Å². The van der Waals surface area contributed by atoms with E-state index in [4.69, 9.17) is 0 Å². The van der Waals surface area contributed by atoms with Crippen molar-refractivity contribution in [3.05, 3.63) is 35.9 Å². The maximum Gasteiger partial charge on any atom is 0.403 e. The van der Waals surface area contributed by atoms with Crippen LogP contribution in [0.1, 0.15) is 5.56 Å². The summed E-state index contributed by atoms with van der Waals surface area (Å²) in [5, 5.41) is 1.75. The average Bonchev–Trinajstić information content (AvgIpc) is 2.35. The molecule has 0 aromatic heterocycles. The number of esters is 1. The van der Waals surface area contributed by atoms with Gasteiger partial charge in [-0.25, -0.2) is 4.79 Å². The molecular formula is C12H13F3N2O3. The third-order valence-electron chi connectivity index (χ3n) is 2.38.